The topological polar surface area (TPSA) is 90.6 Å². The molecule has 8 nitrogen and oxygen atoms in total. The monoisotopic (exact) mass is 505 g/mol. The number of thioether (sulfide) groups is 1. The number of benzene rings is 3. The van der Waals surface area contributed by atoms with Crippen molar-refractivity contribution in [3.8, 4) is 22.9 Å². The van der Waals surface area contributed by atoms with Crippen molar-refractivity contribution in [1.82, 2.24) is 19.6 Å². The largest absolute Gasteiger partial charge is 0.493 e. The molecular formula is C25H20ClN5O3S. The highest BCUT2D eigenvalue weighted by Gasteiger charge is 2.18. The van der Waals surface area contributed by atoms with Crippen LogP contribution < -0.4 is 14.8 Å². The highest BCUT2D eigenvalue weighted by atomic mass is 35.5. The number of anilines is 1. The van der Waals surface area contributed by atoms with Gasteiger partial charge in [-0.2, -0.15) is 4.52 Å². The summed E-state index contributed by atoms with van der Waals surface area (Å²) in [7, 11) is 3.15. The number of nitrogens with zero attached hydrogens (tertiary/aromatic N) is 4. The van der Waals surface area contributed by atoms with E-state index < -0.39 is 0 Å². The number of ether oxygens (including phenoxy) is 2. The SMILES string of the molecule is COc1cc2nc(SCC(=O)Nc3cccc(Cl)c3)n3nc(-c4ccccc4)nc3c2cc1OC. The summed E-state index contributed by atoms with van der Waals surface area (Å²) in [5, 5.41) is 9.38. The Labute approximate surface area is 210 Å². The normalized spacial score (nSPS) is 11.1. The molecule has 0 aliphatic heterocycles. The second-order valence-electron chi connectivity index (χ2n) is 7.50. The lowest BCUT2D eigenvalue weighted by molar-refractivity contribution is -0.113. The molecule has 0 atom stereocenters. The zero-order valence-electron chi connectivity index (χ0n) is 18.9. The van der Waals surface area contributed by atoms with Crippen molar-refractivity contribution in [1.29, 1.82) is 0 Å². The Morgan fingerprint density at radius 2 is 1.77 bits per heavy atom. The fourth-order valence-electron chi connectivity index (χ4n) is 3.61. The van der Waals surface area contributed by atoms with E-state index >= 15 is 0 Å². The van der Waals surface area contributed by atoms with Gasteiger partial charge < -0.3 is 14.8 Å². The quantitative estimate of drug-likeness (QED) is 0.235. The van der Waals surface area contributed by atoms with Crippen molar-refractivity contribution in [2.45, 2.75) is 5.16 Å². The van der Waals surface area contributed by atoms with Crippen molar-refractivity contribution < 1.29 is 14.3 Å². The van der Waals surface area contributed by atoms with E-state index in [0.29, 0.717) is 44.4 Å². The van der Waals surface area contributed by atoms with Gasteiger partial charge in [-0.15, -0.1) is 5.10 Å². The minimum Gasteiger partial charge on any atom is -0.493 e. The molecule has 0 unspecified atom stereocenters. The minimum absolute atomic E-state index is 0.119. The first-order chi connectivity index (χ1) is 17.1. The number of methoxy groups -OCH3 is 2. The van der Waals surface area contributed by atoms with Crippen LogP contribution in [0.1, 0.15) is 0 Å². The van der Waals surface area contributed by atoms with Crippen LogP contribution in [-0.4, -0.2) is 45.5 Å². The second-order valence-corrected chi connectivity index (χ2v) is 8.88. The van der Waals surface area contributed by atoms with E-state index in [2.05, 4.69) is 5.32 Å². The fourth-order valence-corrected chi connectivity index (χ4v) is 4.54. The summed E-state index contributed by atoms with van der Waals surface area (Å²) in [5.74, 6) is 1.60. The Morgan fingerprint density at radius 1 is 1.00 bits per heavy atom. The van der Waals surface area contributed by atoms with Crippen LogP contribution in [0.15, 0.2) is 71.9 Å². The third-order valence-electron chi connectivity index (χ3n) is 5.22. The van der Waals surface area contributed by atoms with Crippen LogP contribution in [0.2, 0.25) is 5.02 Å². The molecule has 10 heteroatoms. The Hall–Kier alpha value is -3.82. The van der Waals surface area contributed by atoms with Gasteiger partial charge in [-0.1, -0.05) is 59.8 Å². The average Bonchev–Trinajstić information content (AvgIpc) is 3.33. The highest BCUT2D eigenvalue weighted by molar-refractivity contribution is 7.99. The van der Waals surface area contributed by atoms with Crippen LogP contribution in [0.25, 0.3) is 27.9 Å². The first kappa shape index (κ1) is 22.9. The standard InChI is InChI=1S/C25H20ClN5O3S/c1-33-20-12-18-19(13-21(20)34-2)28-25(35-14-22(32)27-17-10-6-9-16(26)11-17)31-24(18)29-23(30-31)15-7-4-3-5-8-15/h3-13H,14H2,1-2H3,(H,27,32). The number of aromatic nitrogens is 4. The van der Waals surface area contributed by atoms with Gasteiger partial charge in [-0.25, -0.2) is 9.97 Å². The number of hydrogen-bond acceptors (Lipinski definition) is 7. The average molecular weight is 506 g/mol. The maximum atomic E-state index is 12.6. The van der Waals surface area contributed by atoms with E-state index in [1.54, 1.807) is 49.1 Å². The molecule has 0 spiro atoms. The van der Waals surface area contributed by atoms with Gasteiger partial charge in [0, 0.05) is 27.7 Å². The van der Waals surface area contributed by atoms with Crippen LogP contribution in [0, 0.1) is 0 Å². The summed E-state index contributed by atoms with van der Waals surface area (Å²) in [6.07, 6.45) is 0. The van der Waals surface area contributed by atoms with Gasteiger partial charge in [-0.05, 0) is 24.3 Å². The van der Waals surface area contributed by atoms with E-state index in [-0.39, 0.29) is 11.7 Å². The molecule has 0 bridgehead atoms. The molecule has 0 fully saturated rings. The zero-order valence-corrected chi connectivity index (χ0v) is 20.4. The molecule has 0 radical (unpaired) electrons. The van der Waals surface area contributed by atoms with E-state index in [4.69, 9.17) is 36.1 Å². The maximum Gasteiger partial charge on any atom is 0.234 e. The number of carbonyl (C=O) groups excluding carboxylic acids is 1. The molecule has 5 rings (SSSR count). The van der Waals surface area contributed by atoms with Gasteiger partial charge in [-0.3, -0.25) is 4.79 Å². The fraction of sp³-hybridized carbons (Fsp3) is 0.120. The molecule has 2 aromatic heterocycles. The lowest BCUT2D eigenvalue weighted by Crippen LogP contribution is -2.14. The summed E-state index contributed by atoms with van der Waals surface area (Å²) < 4.78 is 12.6. The van der Waals surface area contributed by atoms with Crippen LogP contribution in [0.5, 0.6) is 11.5 Å². The third-order valence-corrected chi connectivity index (χ3v) is 6.38. The Balaban J connectivity index is 1.55. The lowest BCUT2D eigenvalue weighted by Gasteiger charge is -2.11. The number of carbonyl (C=O) groups is 1. The van der Waals surface area contributed by atoms with Crippen molar-refractivity contribution in [2.75, 3.05) is 25.3 Å². The number of nitrogens with one attached hydrogen (secondary N) is 1. The van der Waals surface area contributed by atoms with E-state index in [1.165, 1.54) is 11.8 Å². The Bertz CT molecular complexity index is 1540. The molecule has 1 N–H and O–H groups in total. The van der Waals surface area contributed by atoms with Crippen LogP contribution in [-0.2, 0) is 4.79 Å². The summed E-state index contributed by atoms with van der Waals surface area (Å²) in [4.78, 5) is 22.2. The number of fused-ring (bicyclic) bond motifs is 3. The molecule has 0 aliphatic carbocycles. The Morgan fingerprint density at radius 3 is 2.51 bits per heavy atom. The molecule has 2 heterocycles. The molecule has 3 aromatic carbocycles. The minimum atomic E-state index is -0.192. The molecule has 35 heavy (non-hydrogen) atoms. The van der Waals surface area contributed by atoms with Gasteiger partial charge in [0.2, 0.25) is 5.91 Å². The summed E-state index contributed by atoms with van der Waals surface area (Å²) in [5.41, 5.74) is 2.76. The highest BCUT2D eigenvalue weighted by Crippen LogP contribution is 2.35. The molecular weight excluding hydrogens is 486 g/mol. The predicted molar refractivity (Wildman–Crippen MR) is 138 cm³/mol. The second kappa shape index (κ2) is 9.81. The van der Waals surface area contributed by atoms with Crippen molar-refractivity contribution in [2.24, 2.45) is 0 Å². The number of halogens is 1. The first-order valence-corrected chi connectivity index (χ1v) is 12.0. The lowest BCUT2D eigenvalue weighted by atomic mass is 10.2. The van der Waals surface area contributed by atoms with Crippen molar-refractivity contribution in [3.63, 3.8) is 0 Å². The Kier molecular flexibility index (Phi) is 6.43. The van der Waals surface area contributed by atoms with Crippen LogP contribution >= 0.6 is 23.4 Å². The van der Waals surface area contributed by atoms with Crippen molar-refractivity contribution in [3.05, 3.63) is 71.8 Å². The molecule has 5 aromatic rings. The maximum absolute atomic E-state index is 12.6. The number of amides is 1. The van der Waals surface area contributed by atoms with Gasteiger partial charge in [0.05, 0.1) is 25.5 Å². The van der Waals surface area contributed by atoms with Crippen LogP contribution in [0.3, 0.4) is 0 Å². The van der Waals surface area contributed by atoms with E-state index in [9.17, 15) is 4.79 Å². The first-order valence-electron chi connectivity index (χ1n) is 10.6. The molecule has 0 saturated carbocycles. The summed E-state index contributed by atoms with van der Waals surface area (Å²) in [6, 6.07) is 20.3. The number of hydrogen-bond donors (Lipinski definition) is 1. The summed E-state index contributed by atoms with van der Waals surface area (Å²) in [6.45, 7) is 0. The molecule has 1 amide bonds. The third kappa shape index (κ3) is 4.73. The predicted octanol–water partition coefficient (Wildman–Crippen LogP) is 5.35. The number of rotatable bonds is 7. The smallest absolute Gasteiger partial charge is 0.234 e. The van der Waals surface area contributed by atoms with Gasteiger partial charge in [0.15, 0.2) is 28.1 Å². The van der Waals surface area contributed by atoms with Gasteiger partial charge >= 0.3 is 0 Å². The van der Waals surface area contributed by atoms with Gasteiger partial charge in [0.1, 0.15) is 0 Å². The summed E-state index contributed by atoms with van der Waals surface area (Å²) >= 11 is 7.28. The van der Waals surface area contributed by atoms with E-state index in [1.807, 2.05) is 36.4 Å². The van der Waals surface area contributed by atoms with Crippen molar-refractivity contribution >= 4 is 51.5 Å². The van der Waals surface area contributed by atoms with Gasteiger partial charge in [0.25, 0.3) is 0 Å². The molecule has 0 saturated heterocycles. The van der Waals surface area contributed by atoms with E-state index in [0.717, 1.165) is 10.9 Å². The molecule has 176 valence electrons. The zero-order chi connectivity index (χ0) is 24.4. The molecule has 0 aliphatic rings. The van der Waals surface area contributed by atoms with Crippen LogP contribution in [0.4, 0.5) is 5.69 Å².